The van der Waals surface area contributed by atoms with Crippen molar-refractivity contribution in [2.45, 2.75) is 6.92 Å². The molecule has 0 spiro atoms. The lowest BCUT2D eigenvalue weighted by Crippen LogP contribution is -2.09. The summed E-state index contributed by atoms with van der Waals surface area (Å²) >= 11 is 0. The Morgan fingerprint density at radius 3 is 1.37 bits per heavy atom. The molecule has 0 aromatic heterocycles. The van der Waals surface area contributed by atoms with Crippen LogP contribution in [0, 0.1) is 0 Å². The molecule has 0 bridgehead atoms. The van der Waals surface area contributed by atoms with Crippen LogP contribution in [0.2, 0.25) is 0 Å². The first-order valence-corrected chi connectivity index (χ1v) is 19.5. The van der Waals surface area contributed by atoms with Gasteiger partial charge in [-0.2, -0.15) is 0 Å². The SMILES string of the molecule is C\C=C(/C=C\C=C\N(c1ccccc1)c1ccc(-c2cccc(-c3ccc(N(c4ccccc4)c4cccc(-c5ccccc5)c4)cc3)c2)cc1)c1ccccc1. The van der Waals surface area contributed by atoms with Crippen LogP contribution in [0.3, 0.4) is 0 Å². The van der Waals surface area contributed by atoms with Gasteiger partial charge in [0.05, 0.1) is 0 Å². The van der Waals surface area contributed by atoms with Gasteiger partial charge in [0.25, 0.3) is 0 Å². The van der Waals surface area contributed by atoms with Crippen molar-refractivity contribution >= 4 is 34.0 Å². The lowest BCUT2D eigenvalue weighted by atomic mass is 9.98. The van der Waals surface area contributed by atoms with Gasteiger partial charge < -0.3 is 9.80 Å². The maximum absolute atomic E-state index is 2.32. The van der Waals surface area contributed by atoms with Crippen molar-refractivity contribution in [1.29, 1.82) is 0 Å². The number of allylic oxidation sites excluding steroid dienone is 5. The van der Waals surface area contributed by atoms with E-state index in [2.05, 4.69) is 260 Å². The highest BCUT2D eigenvalue weighted by atomic mass is 15.1. The highest BCUT2D eigenvalue weighted by molar-refractivity contribution is 5.82. The fourth-order valence-electron chi connectivity index (χ4n) is 7.17. The summed E-state index contributed by atoms with van der Waals surface area (Å²) in [6, 6.07) is 77.4. The fraction of sp³-hybridized carbons (Fsp3) is 0.0182. The summed E-state index contributed by atoms with van der Waals surface area (Å²) in [4.78, 5) is 4.54. The third kappa shape index (κ3) is 8.78. The van der Waals surface area contributed by atoms with E-state index in [0.717, 1.165) is 28.4 Å². The van der Waals surface area contributed by atoms with Crippen molar-refractivity contribution < 1.29 is 0 Å². The zero-order chi connectivity index (χ0) is 38.7. The van der Waals surface area contributed by atoms with E-state index in [9.17, 15) is 0 Å². The van der Waals surface area contributed by atoms with E-state index in [-0.39, 0.29) is 0 Å². The molecule has 0 amide bonds. The molecule has 8 aromatic rings. The summed E-state index contributed by atoms with van der Waals surface area (Å²) in [5, 5.41) is 0. The minimum Gasteiger partial charge on any atom is -0.317 e. The third-order valence-corrected chi connectivity index (χ3v) is 10.1. The third-order valence-electron chi connectivity index (χ3n) is 10.1. The van der Waals surface area contributed by atoms with E-state index in [0.29, 0.717) is 0 Å². The predicted molar refractivity (Wildman–Crippen MR) is 244 cm³/mol. The highest BCUT2D eigenvalue weighted by Gasteiger charge is 2.14. The van der Waals surface area contributed by atoms with Crippen molar-refractivity contribution in [2.24, 2.45) is 0 Å². The number of anilines is 5. The van der Waals surface area contributed by atoms with Gasteiger partial charge in [-0.25, -0.2) is 0 Å². The fourth-order valence-corrected chi connectivity index (χ4v) is 7.17. The molecular formula is C55H44N2. The monoisotopic (exact) mass is 732 g/mol. The van der Waals surface area contributed by atoms with Crippen LogP contribution >= 0.6 is 0 Å². The molecule has 2 heteroatoms. The average molecular weight is 733 g/mol. The summed E-state index contributed by atoms with van der Waals surface area (Å²) in [6.45, 7) is 2.08. The molecule has 0 N–H and O–H groups in total. The molecule has 0 saturated heterocycles. The largest absolute Gasteiger partial charge is 0.317 e. The van der Waals surface area contributed by atoms with E-state index in [1.807, 2.05) is 6.07 Å². The van der Waals surface area contributed by atoms with Crippen LogP contribution in [0.1, 0.15) is 12.5 Å². The first-order chi connectivity index (χ1) is 28.2. The number of rotatable bonds is 12. The second-order valence-electron chi connectivity index (χ2n) is 13.8. The van der Waals surface area contributed by atoms with Crippen molar-refractivity contribution in [3.63, 3.8) is 0 Å². The number of hydrogen-bond donors (Lipinski definition) is 0. The smallest absolute Gasteiger partial charge is 0.0467 e. The van der Waals surface area contributed by atoms with Crippen molar-refractivity contribution in [3.05, 3.63) is 254 Å². The van der Waals surface area contributed by atoms with E-state index in [1.54, 1.807) is 0 Å². The van der Waals surface area contributed by atoms with E-state index in [4.69, 9.17) is 0 Å². The van der Waals surface area contributed by atoms with Gasteiger partial charge in [0, 0.05) is 34.6 Å². The maximum Gasteiger partial charge on any atom is 0.0467 e. The number of para-hydroxylation sites is 2. The Morgan fingerprint density at radius 2 is 0.772 bits per heavy atom. The summed E-state index contributed by atoms with van der Waals surface area (Å²) in [5.74, 6) is 0. The molecule has 0 aliphatic rings. The van der Waals surface area contributed by atoms with Crippen LogP contribution < -0.4 is 9.80 Å². The van der Waals surface area contributed by atoms with E-state index >= 15 is 0 Å². The van der Waals surface area contributed by atoms with Gasteiger partial charge >= 0.3 is 0 Å². The standard InChI is InChI=1S/C55H44N2/c1-2-43(44-20-7-3-8-21-44)19-15-16-40-56(51-27-11-5-12-28-51)52-36-32-46(33-37-52)48-24-17-25-49(41-48)47-34-38-54(39-35-47)57(53-29-13-6-14-30-53)55-31-18-26-50(42-55)45-22-9-4-10-23-45/h2-42H,1H3/b19-15-,40-16+,43-2+. The Bertz CT molecular complexity index is 2590. The second-order valence-corrected chi connectivity index (χ2v) is 13.8. The predicted octanol–water partition coefficient (Wildman–Crippen LogP) is 15.5. The minimum absolute atomic E-state index is 1.09. The van der Waals surface area contributed by atoms with Crippen molar-refractivity contribution in [3.8, 4) is 33.4 Å². The van der Waals surface area contributed by atoms with Gasteiger partial charge in [-0.15, -0.1) is 0 Å². The van der Waals surface area contributed by atoms with E-state index < -0.39 is 0 Å². The summed E-state index contributed by atoms with van der Waals surface area (Å²) in [6.07, 6.45) is 10.6. The molecule has 274 valence electrons. The zero-order valence-corrected chi connectivity index (χ0v) is 32.1. The molecule has 0 radical (unpaired) electrons. The molecule has 0 heterocycles. The quantitative estimate of drug-likeness (QED) is 0.115. The van der Waals surface area contributed by atoms with Gasteiger partial charge in [-0.3, -0.25) is 0 Å². The van der Waals surface area contributed by atoms with Gasteiger partial charge in [0.1, 0.15) is 0 Å². The molecule has 8 aromatic carbocycles. The topological polar surface area (TPSA) is 6.48 Å². The van der Waals surface area contributed by atoms with Crippen LogP contribution in [0.4, 0.5) is 28.4 Å². The van der Waals surface area contributed by atoms with Gasteiger partial charge in [0.2, 0.25) is 0 Å². The molecule has 0 unspecified atom stereocenters. The molecule has 0 aliphatic carbocycles. The maximum atomic E-state index is 2.32. The first kappa shape index (κ1) is 36.6. The molecular weight excluding hydrogens is 689 g/mol. The Kier molecular flexibility index (Phi) is 11.4. The molecule has 0 fully saturated rings. The molecule has 0 aliphatic heterocycles. The highest BCUT2D eigenvalue weighted by Crippen LogP contribution is 2.38. The van der Waals surface area contributed by atoms with Crippen LogP contribution in [0.25, 0.3) is 39.0 Å². The summed E-state index contributed by atoms with van der Waals surface area (Å²) < 4.78 is 0. The molecule has 0 atom stereocenters. The second kappa shape index (κ2) is 17.8. The number of benzene rings is 8. The lowest BCUT2D eigenvalue weighted by Gasteiger charge is -2.26. The van der Waals surface area contributed by atoms with Gasteiger partial charge in [-0.05, 0) is 124 Å². The first-order valence-electron chi connectivity index (χ1n) is 19.5. The van der Waals surface area contributed by atoms with Gasteiger partial charge in [-0.1, -0.05) is 170 Å². The van der Waals surface area contributed by atoms with E-state index in [1.165, 1.54) is 44.5 Å². The molecule has 57 heavy (non-hydrogen) atoms. The van der Waals surface area contributed by atoms with Crippen molar-refractivity contribution in [1.82, 2.24) is 0 Å². The normalized spacial score (nSPS) is 11.6. The Morgan fingerprint density at radius 1 is 0.351 bits per heavy atom. The molecule has 0 saturated carbocycles. The summed E-state index contributed by atoms with van der Waals surface area (Å²) in [5.41, 5.74) is 15.0. The average Bonchev–Trinajstić information content (AvgIpc) is 3.29. The van der Waals surface area contributed by atoms with Crippen molar-refractivity contribution in [2.75, 3.05) is 9.80 Å². The Balaban J connectivity index is 1.03. The zero-order valence-electron chi connectivity index (χ0n) is 32.1. The number of nitrogens with zero attached hydrogens (tertiary/aromatic N) is 2. The number of hydrogen-bond acceptors (Lipinski definition) is 2. The summed E-state index contributed by atoms with van der Waals surface area (Å²) in [7, 11) is 0. The van der Waals surface area contributed by atoms with Gasteiger partial charge in [0.15, 0.2) is 0 Å². The van der Waals surface area contributed by atoms with Crippen LogP contribution in [-0.2, 0) is 0 Å². The molecule has 2 nitrogen and oxygen atoms in total. The van der Waals surface area contributed by atoms with Crippen LogP contribution in [0.15, 0.2) is 249 Å². The molecule has 8 rings (SSSR count). The minimum atomic E-state index is 1.09. The lowest BCUT2D eigenvalue weighted by molar-refractivity contribution is 1.28. The Hall–Kier alpha value is -7.42. The van der Waals surface area contributed by atoms with Crippen LogP contribution in [-0.4, -0.2) is 0 Å². The Labute approximate surface area is 337 Å². The van der Waals surface area contributed by atoms with Crippen LogP contribution in [0.5, 0.6) is 0 Å².